The summed E-state index contributed by atoms with van der Waals surface area (Å²) in [6.07, 6.45) is 50.9. The van der Waals surface area contributed by atoms with Crippen LogP contribution >= 0.6 is 0 Å². The van der Waals surface area contributed by atoms with Crippen molar-refractivity contribution in [1.29, 1.82) is 0 Å². The quantitative estimate of drug-likeness (QED) is 0.0364. The number of hydrogen-bond donors (Lipinski definition) is 0. The maximum atomic E-state index is 13.0. The molecule has 4 nitrogen and oxygen atoms in total. The maximum Gasteiger partial charge on any atom is 0.410 e. The van der Waals surface area contributed by atoms with E-state index in [2.05, 4.69) is 96.3 Å². The van der Waals surface area contributed by atoms with Crippen molar-refractivity contribution in [3.63, 3.8) is 0 Å². The van der Waals surface area contributed by atoms with Crippen LogP contribution in [-0.2, 0) is 9.16 Å². The summed E-state index contributed by atoms with van der Waals surface area (Å²) in [6, 6.07) is 0. The van der Waals surface area contributed by atoms with E-state index in [1.54, 1.807) is 0 Å². The summed E-state index contributed by atoms with van der Waals surface area (Å²) in [5.74, 6) is 0. The second-order valence-corrected chi connectivity index (χ2v) is 21.4. The van der Waals surface area contributed by atoms with E-state index in [1.807, 2.05) is 4.90 Å². The molecule has 0 saturated carbocycles. The van der Waals surface area contributed by atoms with Crippen LogP contribution in [0.1, 0.15) is 202 Å². The van der Waals surface area contributed by atoms with E-state index in [4.69, 9.17) is 9.16 Å². The van der Waals surface area contributed by atoms with Gasteiger partial charge in [-0.25, -0.2) is 4.79 Å². The second kappa shape index (κ2) is 36.4. The molecule has 52 heavy (non-hydrogen) atoms. The maximum absolute atomic E-state index is 13.0. The van der Waals surface area contributed by atoms with Crippen molar-refractivity contribution in [3.8, 4) is 0 Å². The first kappa shape index (κ1) is 50.4. The largest absolute Gasteiger partial charge is 0.449 e. The van der Waals surface area contributed by atoms with Gasteiger partial charge in [0.15, 0.2) is 8.32 Å². The Labute approximate surface area is 326 Å². The van der Waals surface area contributed by atoms with E-state index < -0.39 is 8.32 Å². The first-order valence-electron chi connectivity index (χ1n) is 22.3. The molecule has 0 atom stereocenters. The lowest BCUT2D eigenvalue weighted by Gasteiger charge is -2.36. The third-order valence-corrected chi connectivity index (χ3v) is 15.1. The Morgan fingerprint density at radius 1 is 0.481 bits per heavy atom. The number of allylic oxidation sites excluding steroid dienone is 6. The summed E-state index contributed by atoms with van der Waals surface area (Å²) < 4.78 is 12.0. The van der Waals surface area contributed by atoms with E-state index in [-0.39, 0.29) is 11.1 Å². The molecule has 0 heterocycles. The van der Waals surface area contributed by atoms with Gasteiger partial charge in [0.25, 0.3) is 0 Å². The van der Waals surface area contributed by atoms with Crippen LogP contribution in [0.5, 0.6) is 0 Å². The van der Waals surface area contributed by atoms with Crippen molar-refractivity contribution in [2.24, 2.45) is 0 Å². The molecule has 0 aromatic rings. The van der Waals surface area contributed by atoms with Gasteiger partial charge in [0.05, 0.1) is 6.61 Å². The highest BCUT2D eigenvalue weighted by molar-refractivity contribution is 6.74. The highest BCUT2D eigenvalue weighted by Gasteiger charge is 2.36. The number of ether oxygens (including phenoxy) is 1. The molecule has 0 aromatic carbocycles. The first-order valence-corrected chi connectivity index (χ1v) is 25.2. The zero-order valence-corrected chi connectivity index (χ0v) is 37.0. The van der Waals surface area contributed by atoms with Gasteiger partial charge in [0.2, 0.25) is 0 Å². The van der Waals surface area contributed by atoms with Crippen LogP contribution in [0.4, 0.5) is 4.79 Å². The van der Waals surface area contributed by atoms with Gasteiger partial charge in [-0.3, -0.25) is 0 Å². The van der Waals surface area contributed by atoms with Gasteiger partial charge in [-0.15, -0.1) is 0 Å². The minimum Gasteiger partial charge on any atom is -0.449 e. The molecule has 0 N–H and O–H groups in total. The zero-order valence-electron chi connectivity index (χ0n) is 36.0. The number of amides is 1. The van der Waals surface area contributed by atoms with E-state index >= 15 is 0 Å². The molecular formula is C47H89NO3Si. The summed E-state index contributed by atoms with van der Waals surface area (Å²) >= 11 is 0. The van der Waals surface area contributed by atoms with Crippen molar-refractivity contribution in [2.45, 2.75) is 220 Å². The average molecular weight is 744 g/mol. The third kappa shape index (κ3) is 33.0. The fourth-order valence-electron chi connectivity index (χ4n) is 5.82. The monoisotopic (exact) mass is 744 g/mol. The van der Waals surface area contributed by atoms with E-state index in [1.165, 1.54) is 141 Å². The van der Waals surface area contributed by atoms with Gasteiger partial charge in [0.1, 0.15) is 0 Å². The van der Waals surface area contributed by atoms with Crippen molar-refractivity contribution in [1.82, 2.24) is 4.90 Å². The van der Waals surface area contributed by atoms with E-state index in [0.717, 1.165) is 32.3 Å². The summed E-state index contributed by atoms with van der Waals surface area (Å²) in [6.45, 7) is 18.3. The van der Waals surface area contributed by atoms with Crippen LogP contribution in [-0.4, -0.2) is 45.6 Å². The van der Waals surface area contributed by atoms with E-state index in [9.17, 15) is 4.79 Å². The molecule has 0 fully saturated rings. The number of carbonyl (C=O) groups is 1. The minimum atomic E-state index is -1.73. The Morgan fingerprint density at radius 3 is 1.19 bits per heavy atom. The average Bonchev–Trinajstić information content (AvgIpc) is 3.11. The normalized spacial score (nSPS) is 12.8. The van der Waals surface area contributed by atoms with Crippen molar-refractivity contribution in [2.75, 3.05) is 26.3 Å². The van der Waals surface area contributed by atoms with Crippen LogP contribution in [0.25, 0.3) is 0 Å². The highest BCUT2D eigenvalue weighted by Crippen LogP contribution is 2.36. The summed E-state index contributed by atoms with van der Waals surface area (Å²) in [5.41, 5.74) is 0. The van der Waals surface area contributed by atoms with Crippen molar-refractivity contribution >= 4 is 14.4 Å². The summed E-state index contributed by atoms with van der Waals surface area (Å²) in [7, 11) is -1.73. The number of unbranched alkanes of at least 4 members (excludes halogenated alkanes) is 21. The van der Waals surface area contributed by atoms with Crippen molar-refractivity contribution in [3.05, 3.63) is 48.6 Å². The topological polar surface area (TPSA) is 38.8 Å². The Bertz CT molecular complexity index is 853. The van der Waals surface area contributed by atoms with Gasteiger partial charge < -0.3 is 14.1 Å². The minimum absolute atomic E-state index is 0.208. The molecule has 0 rings (SSSR count). The number of carbonyl (C=O) groups excluding carboxylic acids is 1. The van der Waals surface area contributed by atoms with Crippen LogP contribution in [0.3, 0.4) is 0 Å². The number of hydrogen-bond acceptors (Lipinski definition) is 3. The third-order valence-electron chi connectivity index (χ3n) is 10.5. The van der Waals surface area contributed by atoms with Crippen molar-refractivity contribution < 1.29 is 14.0 Å². The summed E-state index contributed by atoms with van der Waals surface area (Å²) in [4.78, 5) is 14.9. The SMILES string of the molecule is CCCCCCCCC=CCCCCCC=CCN(CC=CCCCCCC=CCCCCCCCC)C(=O)OCCCCO[Si](C)(C)C(C)(C)C. The molecule has 1 amide bonds. The standard InChI is InChI=1S/C47H89NO3Si/c1-8-10-12-14-16-18-20-22-24-26-28-30-32-34-36-38-42-48(46(49)50-44-40-41-45-51-52(6,7)47(3,4)5)43-39-37-35-33-31-29-27-25-23-21-19-17-15-13-11-9-2/h22-25,36-39H,8-21,26-35,40-45H2,1-7H3. The zero-order chi connectivity index (χ0) is 38.4. The van der Waals surface area contributed by atoms with Gasteiger partial charge in [-0.2, -0.15) is 0 Å². The fourth-order valence-corrected chi connectivity index (χ4v) is 6.91. The molecule has 0 aromatic heterocycles. The lowest BCUT2D eigenvalue weighted by molar-refractivity contribution is 0.106. The highest BCUT2D eigenvalue weighted by atomic mass is 28.4. The smallest absolute Gasteiger partial charge is 0.410 e. The molecule has 0 aliphatic carbocycles. The molecule has 5 heteroatoms. The number of nitrogens with zero attached hydrogens (tertiary/aromatic N) is 1. The van der Waals surface area contributed by atoms with Crippen LogP contribution in [0.2, 0.25) is 18.1 Å². The molecule has 0 spiro atoms. The Morgan fingerprint density at radius 2 is 0.808 bits per heavy atom. The van der Waals surface area contributed by atoms with Gasteiger partial charge >= 0.3 is 6.09 Å². The first-order chi connectivity index (χ1) is 25.2. The fraction of sp³-hybridized carbons (Fsp3) is 0.809. The predicted molar refractivity (Wildman–Crippen MR) is 234 cm³/mol. The molecule has 0 aliphatic heterocycles. The summed E-state index contributed by atoms with van der Waals surface area (Å²) in [5, 5.41) is 0.217. The van der Waals surface area contributed by atoms with Crippen LogP contribution in [0, 0.1) is 0 Å². The molecule has 0 aliphatic rings. The Balaban J connectivity index is 4.41. The molecule has 0 radical (unpaired) electrons. The molecule has 0 bridgehead atoms. The van der Waals surface area contributed by atoms with Crippen LogP contribution in [0.15, 0.2) is 48.6 Å². The van der Waals surface area contributed by atoms with Crippen LogP contribution < -0.4 is 0 Å². The molecule has 304 valence electrons. The van der Waals surface area contributed by atoms with E-state index in [0.29, 0.717) is 19.7 Å². The van der Waals surface area contributed by atoms with Gasteiger partial charge in [-0.1, -0.05) is 160 Å². The van der Waals surface area contributed by atoms with Gasteiger partial charge in [-0.05, 0) is 108 Å². The molecule has 0 unspecified atom stereocenters. The van der Waals surface area contributed by atoms with Gasteiger partial charge in [0, 0.05) is 19.7 Å². The number of rotatable bonds is 36. The Hall–Kier alpha value is -1.59. The Kier molecular flexibility index (Phi) is 35.3. The lowest BCUT2D eigenvalue weighted by Crippen LogP contribution is -2.41. The molecule has 0 saturated heterocycles. The second-order valence-electron chi connectivity index (χ2n) is 16.6. The predicted octanol–water partition coefficient (Wildman–Crippen LogP) is 15.9. The molecular weight excluding hydrogens is 655 g/mol. The lowest BCUT2D eigenvalue weighted by atomic mass is 10.1.